The second-order valence-electron chi connectivity index (χ2n) is 24.6. The van der Waals surface area contributed by atoms with Gasteiger partial charge in [-0.05, 0) is 236 Å². The number of phenols is 8. The van der Waals surface area contributed by atoms with Crippen molar-refractivity contribution < 1.29 is 40.9 Å². The predicted octanol–water partition coefficient (Wildman–Crippen LogP) is 14.7. The molecule has 4 aliphatic rings. The van der Waals surface area contributed by atoms with Gasteiger partial charge in [0.2, 0.25) is 0 Å². The van der Waals surface area contributed by atoms with Gasteiger partial charge >= 0.3 is 0 Å². The summed E-state index contributed by atoms with van der Waals surface area (Å²) >= 11 is 0. The predicted molar refractivity (Wildman–Crippen MR) is 367 cm³/mol. The van der Waals surface area contributed by atoms with E-state index in [4.69, 9.17) is 0 Å². The van der Waals surface area contributed by atoms with E-state index in [-0.39, 0.29) is 70.2 Å². The molecule has 16 rings (SSSR count). The number of benzene rings is 12. The lowest BCUT2D eigenvalue weighted by Crippen LogP contribution is -2.31. The van der Waals surface area contributed by atoms with E-state index in [9.17, 15) is 40.9 Å². The fourth-order valence-electron chi connectivity index (χ4n) is 14.0. The maximum absolute atomic E-state index is 9.85. The minimum Gasteiger partial charge on any atom is -0.504 e. The van der Waals surface area contributed by atoms with Gasteiger partial charge in [-0.3, -0.25) is 0 Å². The molecule has 0 saturated heterocycles. The fraction of sp³-hybridized carbons (Fsp3) is 0.200. The Kier molecular flexibility index (Phi) is 18.0. The normalized spacial score (nSPS) is 17.1. The van der Waals surface area contributed by atoms with Crippen LogP contribution in [0.5, 0.6) is 46.0 Å². The van der Waals surface area contributed by atoms with Gasteiger partial charge in [0.15, 0.2) is 46.0 Å². The van der Waals surface area contributed by atoms with Crippen LogP contribution in [-0.4, -0.2) is 67.0 Å². The van der Waals surface area contributed by atoms with Crippen LogP contribution in [0.1, 0.15) is 90.9 Å². The van der Waals surface area contributed by atoms with Crippen LogP contribution < -0.4 is 21.3 Å². The Morgan fingerprint density at radius 1 is 0.250 bits per heavy atom. The van der Waals surface area contributed by atoms with E-state index in [2.05, 4.69) is 191 Å². The summed E-state index contributed by atoms with van der Waals surface area (Å²) in [5.74, 6) is -0.313. The van der Waals surface area contributed by atoms with E-state index >= 15 is 0 Å². The van der Waals surface area contributed by atoms with Gasteiger partial charge in [-0.1, -0.05) is 170 Å². The molecular formula is C80H76N4O8. The third kappa shape index (κ3) is 13.5. The molecule has 0 amide bonds. The van der Waals surface area contributed by atoms with Crippen molar-refractivity contribution in [1.82, 2.24) is 21.3 Å². The van der Waals surface area contributed by atoms with Crippen LogP contribution in [0, 0.1) is 0 Å². The minimum atomic E-state index is -0.0460. The second-order valence-corrected chi connectivity index (χ2v) is 24.6. The summed E-state index contributed by atoms with van der Waals surface area (Å²) in [5, 5.41) is 102. The van der Waals surface area contributed by atoms with Gasteiger partial charge in [-0.2, -0.15) is 0 Å². The Morgan fingerprint density at radius 2 is 0.522 bits per heavy atom. The maximum atomic E-state index is 9.85. The lowest BCUT2D eigenvalue weighted by atomic mass is 9.88. The molecule has 12 aromatic carbocycles. The molecule has 0 aromatic heterocycles. The maximum Gasteiger partial charge on any atom is 0.157 e. The molecule has 12 heteroatoms. The first kappa shape index (κ1) is 60.8. The Balaban J connectivity index is 0.000000112. The lowest BCUT2D eigenvalue weighted by Gasteiger charge is -2.28. The van der Waals surface area contributed by atoms with Crippen molar-refractivity contribution in [1.29, 1.82) is 0 Å². The largest absolute Gasteiger partial charge is 0.504 e. The molecule has 0 fully saturated rings. The van der Waals surface area contributed by atoms with Gasteiger partial charge in [0, 0.05) is 24.2 Å². The molecule has 0 saturated carbocycles. The van der Waals surface area contributed by atoms with Crippen molar-refractivity contribution in [2.45, 2.75) is 75.5 Å². The van der Waals surface area contributed by atoms with Crippen LogP contribution >= 0.6 is 0 Å². The molecule has 0 bridgehead atoms. The number of fused-ring (bicyclic) bond motifs is 8. The van der Waals surface area contributed by atoms with Crippen molar-refractivity contribution >= 4 is 43.1 Å². The lowest BCUT2D eigenvalue weighted by molar-refractivity contribution is 0.398. The molecule has 4 atom stereocenters. The average Bonchev–Trinajstić information content (AvgIpc) is 1.19. The summed E-state index contributed by atoms with van der Waals surface area (Å²) < 4.78 is 0. The van der Waals surface area contributed by atoms with Gasteiger partial charge in [0.1, 0.15) is 0 Å². The molecule has 4 heterocycles. The monoisotopic (exact) mass is 1220 g/mol. The zero-order valence-electron chi connectivity index (χ0n) is 51.2. The van der Waals surface area contributed by atoms with Crippen LogP contribution in [0.25, 0.3) is 43.1 Å². The molecule has 0 aliphatic carbocycles. The number of hydrogen-bond acceptors (Lipinski definition) is 12. The standard InChI is InChI=1S/4C20H19NO2/c2*22-19-11-15-8-9-21-18(17(15)12-20(19)23)10-14-6-3-5-13-4-1-2-7-16(13)14;2*22-19-11-16-7-8-21-18(17(16)12-20(19)23)10-13-5-6-14-3-1-2-4-15(14)9-13/h2*1-7,11-12,18,21-23H,8-10H2;2*1-6,9,11-12,18,21-23H,7-8,10H2/t4*18-/m1010/s1. The van der Waals surface area contributed by atoms with Gasteiger partial charge in [-0.25, -0.2) is 0 Å². The Bertz CT molecular complexity index is 4350. The molecule has 12 nitrogen and oxygen atoms in total. The first-order chi connectivity index (χ1) is 44.8. The number of aromatic hydroxyl groups is 8. The van der Waals surface area contributed by atoms with Crippen LogP contribution in [0.2, 0.25) is 0 Å². The van der Waals surface area contributed by atoms with E-state index < -0.39 is 0 Å². The van der Waals surface area contributed by atoms with Crippen molar-refractivity contribution in [2.75, 3.05) is 26.2 Å². The molecule has 4 aliphatic heterocycles. The zero-order valence-corrected chi connectivity index (χ0v) is 51.2. The zero-order chi connectivity index (χ0) is 63.2. The van der Waals surface area contributed by atoms with Crippen molar-refractivity contribution in [3.8, 4) is 46.0 Å². The Hall–Kier alpha value is -10.1. The first-order valence-corrected chi connectivity index (χ1v) is 31.9. The fourth-order valence-corrected chi connectivity index (χ4v) is 14.0. The summed E-state index contributed by atoms with van der Waals surface area (Å²) in [6.07, 6.45) is 6.93. The quantitative estimate of drug-likeness (QED) is 0.0642. The highest BCUT2D eigenvalue weighted by Crippen LogP contribution is 2.40. The van der Waals surface area contributed by atoms with Crippen LogP contribution in [0.4, 0.5) is 0 Å². The van der Waals surface area contributed by atoms with Crippen LogP contribution in [0.3, 0.4) is 0 Å². The molecule has 0 spiro atoms. The summed E-state index contributed by atoms with van der Waals surface area (Å²) in [7, 11) is 0. The van der Waals surface area contributed by atoms with E-state index in [1.807, 2.05) is 0 Å². The molecule has 92 heavy (non-hydrogen) atoms. The summed E-state index contributed by atoms with van der Waals surface area (Å²) in [6.45, 7) is 3.53. The molecule has 464 valence electrons. The highest BCUT2D eigenvalue weighted by Gasteiger charge is 2.27. The van der Waals surface area contributed by atoms with Crippen LogP contribution in [-0.2, 0) is 51.4 Å². The van der Waals surface area contributed by atoms with Crippen molar-refractivity contribution in [2.24, 2.45) is 0 Å². The van der Waals surface area contributed by atoms with E-state index in [1.165, 1.54) is 65.3 Å². The van der Waals surface area contributed by atoms with E-state index in [0.29, 0.717) is 0 Å². The second kappa shape index (κ2) is 27.2. The molecule has 0 unspecified atom stereocenters. The smallest absolute Gasteiger partial charge is 0.157 e. The van der Waals surface area contributed by atoms with Crippen molar-refractivity contribution in [3.05, 3.63) is 285 Å². The number of nitrogens with one attached hydrogen (secondary N) is 4. The molecule has 0 radical (unpaired) electrons. The van der Waals surface area contributed by atoms with Gasteiger partial charge in [-0.15, -0.1) is 0 Å². The Labute approximate surface area is 535 Å². The minimum absolute atomic E-state index is 0.0323. The van der Waals surface area contributed by atoms with Gasteiger partial charge in [0.05, 0.1) is 0 Å². The van der Waals surface area contributed by atoms with E-state index in [0.717, 1.165) is 122 Å². The number of hydrogen-bond donors (Lipinski definition) is 12. The first-order valence-electron chi connectivity index (χ1n) is 31.9. The third-order valence-corrected chi connectivity index (χ3v) is 18.7. The molecular weight excluding hydrogens is 1140 g/mol. The summed E-state index contributed by atoms with van der Waals surface area (Å²) in [6, 6.07) is 73.6. The SMILES string of the molecule is Oc1cc2c(cc1O)[C@@H](Cc1ccc3ccccc3c1)NCC2.Oc1cc2c(cc1O)[C@@H](Cc1cccc3ccccc13)NCC2.Oc1cc2c(cc1O)[C@H](Cc1ccc3ccccc3c1)NCC2.Oc1cc2c(cc1O)[C@H](Cc1cccc3ccccc13)NCC2. The Morgan fingerprint density at radius 3 is 0.859 bits per heavy atom. The molecule has 12 aromatic rings. The average molecular weight is 1220 g/mol. The molecule has 12 N–H and O–H groups in total. The van der Waals surface area contributed by atoms with Gasteiger partial charge < -0.3 is 62.1 Å². The number of phenolic OH excluding ortho intramolecular Hbond substituents is 8. The summed E-state index contributed by atoms with van der Waals surface area (Å²) in [4.78, 5) is 0. The third-order valence-electron chi connectivity index (χ3n) is 18.7. The number of rotatable bonds is 8. The topological polar surface area (TPSA) is 210 Å². The van der Waals surface area contributed by atoms with Crippen molar-refractivity contribution in [3.63, 3.8) is 0 Å². The van der Waals surface area contributed by atoms with E-state index in [1.54, 1.807) is 48.5 Å². The highest BCUT2D eigenvalue weighted by molar-refractivity contribution is 5.87. The summed E-state index contributed by atoms with van der Waals surface area (Å²) in [5.41, 5.74) is 13.9. The highest BCUT2D eigenvalue weighted by atomic mass is 16.3. The van der Waals surface area contributed by atoms with Crippen LogP contribution in [0.15, 0.2) is 218 Å². The van der Waals surface area contributed by atoms with Gasteiger partial charge in [0.25, 0.3) is 0 Å².